The minimum Gasteiger partial charge on any atom is -0.453 e. The fourth-order valence-electron chi connectivity index (χ4n) is 1.61. The highest BCUT2D eigenvalue weighted by Gasteiger charge is 2.21. The lowest BCUT2D eigenvalue weighted by Gasteiger charge is -2.12. The summed E-state index contributed by atoms with van der Waals surface area (Å²) in [5.74, 6) is 0. The van der Waals surface area contributed by atoms with E-state index in [9.17, 15) is 0 Å². The summed E-state index contributed by atoms with van der Waals surface area (Å²) in [5, 5.41) is 4.94. The van der Waals surface area contributed by atoms with E-state index in [1.54, 1.807) is 16.9 Å². The molecule has 0 fully saturated rings. The van der Waals surface area contributed by atoms with Crippen LogP contribution in [0.5, 0.6) is 0 Å². The number of nitrogens with zero attached hydrogens (tertiary/aromatic N) is 2. The fourth-order valence-corrected chi connectivity index (χ4v) is 2.10. The molecule has 1 atom stereocenters. The van der Waals surface area contributed by atoms with Gasteiger partial charge in [-0.2, -0.15) is 5.10 Å². The van der Waals surface area contributed by atoms with E-state index in [0.29, 0.717) is 17.1 Å². The Morgan fingerprint density at radius 2 is 2.31 bits per heavy atom. The minimum atomic E-state index is -0.429. The summed E-state index contributed by atoms with van der Waals surface area (Å²) in [5.41, 5.74) is 7.54. The highest BCUT2D eigenvalue weighted by molar-refractivity contribution is 6.31. The van der Waals surface area contributed by atoms with Gasteiger partial charge in [0.1, 0.15) is 0 Å². The van der Waals surface area contributed by atoms with Crippen LogP contribution >= 0.6 is 23.2 Å². The average molecular weight is 260 g/mol. The maximum atomic E-state index is 6.09. The molecule has 0 aliphatic heterocycles. The van der Waals surface area contributed by atoms with Crippen molar-refractivity contribution in [3.05, 3.63) is 40.0 Å². The highest BCUT2D eigenvalue weighted by Crippen LogP contribution is 2.31. The topological polar surface area (TPSA) is 57.0 Å². The Morgan fingerprint density at radius 1 is 1.56 bits per heavy atom. The molecule has 2 aromatic rings. The molecular weight excluding hydrogens is 249 g/mol. The number of nitrogens with two attached hydrogens (primary N) is 1. The Bertz CT molecular complexity index is 492. The van der Waals surface area contributed by atoms with Crippen LogP contribution in [0, 0.1) is 0 Å². The molecule has 16 heavy (non-hydrogen) atoms. The molecule has 0 aliphatic carbocycles. The lowest BCUT2D eigenvalue weighted by atomic mass is 10.1. The van der Waals surface area contributed by atoms with Crippen LogP contribution in [-0.2, 0) is 6.54 Å². The molecule has 0 bridgehead atoms. The molecular formula is C10H11Cl2N3O. The van der Waals surface area contributed by atoms with Crippen LogP contribution in [0.15, 0.2) is 22.9 Å². The van der Waals surface area contributed by atoms with E-state index in [0.717, 1.165) is 5.69 Å². The van der Waals surface area contributed by atoms with E-state index in [2.05, 4.69) is 5.10 Å². The molecule has 2 rings (SSSR count). The van der Waals surface area contributed by atoms with Crippen LogP contribution in [-0.4, -0.2) is 9.78 Å². The summed E-state index contributed by atoms with van der Waals surface area (Å²) in [4.78, 5) is 0. The summed E-state index contributed by atoms with van der Waals surface area (Å²) in [7, 11) is 0. The van der Waals surface area contributed by atoms with Gasteiger partial charge in [0.2, 0.25) is 0 Å². The Labute approximate surface area is 103 Å². The SMILES string of the molecule is CCn1ncc(Cl)c1C(N)c1ccoc1Cl. The monoisotopic (exact) mass is 259 g/mol. The summed E-state index contributed by atoms with van der Waals surface area (Å²) in [6.07, 6.45) is 3.08. The van der Waals surface area contributed by atoms with Crippen molar-refractivity contribution in [2.45, 2.75) is 19.5 Å². The molecule has 0 aromatic carbocycles. The quantitative estimate of drug-likeness (QED) is 0.923. The highest BCUT2D eigenvalue weighted by atomic mass is 35.5. The third-order valence-corrected chi connectivity index (χ3v) is 3.01. The maximum Gasteiger partial charge on any atom is 0.198 e. The second kappa shape index (κ2) is 4.49. The summed E-state index contributed by atoms with van der Waals surface area (Å²) in [6.45, 7) is 2.67. The largest absolute Gasteiger partial charge is 0.453 e. The second-order valence-electron chi connectivity index (χ2n) is 3.32. The van der Waals surface area contributed by atoms with E-state index in [4.69, 9.17) is 33.4 Å². The molecule has 2 heterocycles. The van der Waals surface area contributed by atoms with Crippen molar-refractivity contribution < 1.29 is 4.42 Å². The number of furan rings is 1. The van der Waals surface area contributed by atoms with Crippen molar-refractivity contribution in [3.63, 3.8) is 0 Å². The number of hydrogen-bond acceptors (Lipinski definition) is 3. The van der Waals surface area contributed by atoms with Crippen molar-refractivity contribution in [1.82, 2.24) is 9.78 Å². The fraction of sp³-hybridized carbons (Fsp3) is 0.300. The first-order valence-electron chi connectivity index (χ1n) is 4.84. The van der Waals surface area contributed by atoms with Crippen molar-refractivity contribution in [3.8, 4) is 0 Å². The number of rotatable bonds is 3. The molecule has 1 unspecified atom stereocenters. The molecule has 0 spiro atoms. The van der Waals surface area contributed by atoms with Gasteiger partial charge in [0.25, 0.3) is 0 Å². The standard InChI is InChI=1S/C10H11Cl2N3O/c1-2-15-9(7(11)5-14-15)8(13)6-3-4-16-10(6)12/h3-5,8H,2,13H2,1H3. The zero-order valence-electron chi connectivity index (χ0n) is 8.65. The average Bonchev–Trinajstić information content (AvgIpc) is 2.83. The van der Waals surface area contributed by atoms with Crippen molar-refractivity contribution >= 4 is 23.2 Å². The van der Waals surface area contributed by atoms with Crippen molar-refractivity contribution in [2.24, 2.45) is 5.73 Å². The summed E-state index contributed by atoms with van der Waals surface area (Å²) in [6, 6.07) is 1.30. The zero-order valence-corrected chi connectivity index (χ0v) is 10.2. The van der Waals surface area contributed by atoms with Crippen LogP contribution in [0.25, 0.3) is 0 Å². The van der Waals surface area contributed by atoms with Crippen LogP contribution in [0.4, 0.5) is 0 Å². The minimum absolute atomic E-state index is 0.285. The molecule has 0 aliphatic rings. The van der Waals surface area contributed by atoms with Crippen molar-refractivity contribution in [2.75, 3.05) is 0 Å². The van der Waals surface area contributed by atoms with E-state index in [-0.39, 0.29) is 5.22 Å². The molecule has 0 radical (unpaired) electrons. The van der Waals surface area contributed by atoms with Gasteiger partial charge in [0.05, 0.1) is 29.2 Å². The van der Waals surface area contributed by atoms with Gasteiger partial charge in [-0.15, -0.1) is 0 Å². The van der Waals surface area contributed by atoms with Gasteiger partial charge in [-0.05, 0) is 24.6 Å². The third kappa shape index (κ3) is 1.84. The Hall–Kier alpha value is -0.970. The second-order valence-corrected chi connectivity index (χ2v) is 4.07. The van der Waals surface area contributed by atoms with E-state index < -0.39 is 6.04 Å². The van der Waals surface area contributed by atoms with Crippen LogP contribution in [0.2, 0.25) is 10.2 Å². The summed E-state index contributed by atoms with van der Waals surface area (Å²) < 4.78 is 6.76. The molecule has 2 N–H and O–H groups in total. The van der Waals surface area contributed by atoms with Crippen LogP contribution in [0.3, 0.4) is 0 Å². The Kier molecular flexibility index (Phi) is 3.23. The zero-order chi connectivity index (χ0) is 11.7. The molecule has 86 valence electrons. The number of halogens is 2. The van der Waals surface area contributed by atoms with Gasteiger partial charge in [-0.25, -0.2) is 0 Å². The van der Waals surface area contributed by atoms with Gasteiger partial charge < -0.3 is 10.2 Å². The normalized spacial score (nSPS) is 13.0. The lowest BCUT2D eigenvalue weighted by molar-refractivity contribution is 0.558. The van der Waals surface area contributed by atoms with E-state index in [1.807, 2.05) is 6.92 Å². The van der Waals surface area contributed by atoms with E-state index in [1.165, 1.54) is 6.26 Å². The van der Waals surface area contributed by atoms with Crippen molar-refractivity contribution in [1.29, 1.82) is 0 Å². The number of aromatic nitrogens is 2. The smallest absolute Gasteiger partial charge is 0.198 e. The maximum absolute atomic E-state index is 6.09. The predicted molar refractivity (Wildman–Crippen MR) is 62.7 cm³/mol. The van der Waals surface area contributed by atoms with Gasteiger partial charge in [-0.3, -0.25) is 4.68 Å². The van der Waals surface area contributed by atoms with Crippen LogP contribution in [0.1, 0.15) is 24.2 Å². The number of aryl methyl sites for hydroxylation is 1. The van der Waals surface area contributed by atoms with Gasteiger partial charge in [0, 0.05) is 12.1 Å². The molecule has 0 saturated heterocycles. The van der Waals surface area contributed by atoms with Gasteiger partial charge in [-0.1, -0.05) is 11.6 Å². The Balaban J connectivity index is 2.44. The molecule has 0 amide bonds. The number of hydrogen-bond donors (Lipinski definition) is 1. The van der Waals surface area contributed by atoms with Crippen LogP contribution < -0.4 is 5.73 Å². The first kappa shape index (κ1) is 11.5. The first-order valence-corrected chi connectivity index (χ1v) is 5.60. The third-order valence-electron chi connectivity index (χ3n) is 2.41. The molecule has 2 aromatic heterocycles. The van der Waals surface area contributed by atoms with Gasteiger partial charge >= 0.3 is 0 Å². The van der Waals surface area contributed by atoms with Gasteiger partial charge in [0.15, 0.2) is 5.22 Å². The molecule has 4 nitrogen and oxygen atoms in total. The Morgan fingerprint density at radius 3 is 2.88 bits per heavy atom. The molecule has 0 saturated carbocycles. The first-order chi connectivity index (χ1) is 7.65. The molecule has 6 heteroatoms. The predicted octanol–water partition coefficient (Wildman–Crippen LogP) is 2.85. The van der Waals surface area contributed by atoms with E-state index >= 15 is 0 Å². The lowest BCUT2D eigenvalue weighted by Crippen LogP contribution is -2.17. The summed E-state index contributed by atoms with van der Waals surface area (Å²) >= 11 is 11.9.